The number of fused-ring (bicyclic) bond motifs is 1. The lowest BCUT2D eigenvalue weighted by atomic mass is 10.3. The summed E-state index contributed by atoms with van der Waals surface area (Å²) in [6.45, 7) is 3.72. The molecule has 0 bridgehead atoms. The second-order valence-electron chi connectivity index (χ2n) is 4.68. The summed E-state index contributed by atoms with van der Waals surface area (Å²) in [6, 6.07) is 9.22. The number of imidazole rings is 1. The summed E-state index contributed by atoms with van der Waals surface area (Å²) >= 11 is 0. The molecule has 6 nitrogen and oxygen atoms in total. The minimum atomic E-state index is -0.276. The van der Waals surface area contributed by atoms with Gasteiger partial charge in [-0.3, -0.25) is 9.55 Å². The van der Waals surface area contributed by atoms with Gasteiger partial charge in [-0.25, -0.2) is 14.3 Å². The van der Waals surface area contributed by atoms with Crippen LogP contribution < -0.4 is 11.4 Å². The maximum Gasteiger partial charge on any atom is 0.353 e. The van der Waals surface area contributed by atoms with Gasteiger partial charge in [-0.1, -0.05) is 18.2 Å². The molecule has 0 saturated heterocycles. The molecular formula is C13H14N4O2. The molecule has 1 aromatic carbocycles. The molecule has 2 heterocycles. The Balaban J connectivity index is 2.35. The monoisotopic (exact) mass is 258 g/mol. The fraction of sp³-hybridized carbons (Fsp3) is 0.231. The molecule has 19 heavy (non-hydrogen) atoms. The van der Waals surface area contributed by atoms with E-state index in [4.69, 9.17) is 0 Å². The smallest absolute Gasteiger partial charge is 0.289 e. The molecule has 0 aliphatic carbocycles. The van der Waals surface area contributed by atoms with Gasteiger partial charge in [-0.2, -0.15) is 4.52 Å². The van der Waals surface area contributed by atoms with Crippen LogP contribution in [0.5, 0.6) is 0 Å². The van der Waals surface area contributed by atoms with Gasteiger partial charge in [0.15, 0.2) is 5.65 Å². The predicted octanol–water partition coefficient (Wildman–Crippen LogP) is 1.16. The third-order valence-corrected chi connectivity index (χ3v) is 3.05. The summed E-state index contributed by atoms with van der Waals surface area (Å²) in [5, 5.41) is 0. The van der Waals surface area contributed by atoms with Crippen LogP contribution in [0.15, 0.2) is 46.1 Å². The quantitative estimate of drug-likeness (QED) is 0.749. The fourth-order valence-electron chi connectivity index (χ4n) is 2.23. The largest absolute Gasteiger partial charge is 0.353 e. The van der Waals surface area contributed by atoms with Crippen molar-refractivity contribution in [2.45, 2.75) is 19.9 Å². The third-order valence-electron chi connectivity index (χ3n) is 3.05. The van der Waals surface area contributed by atoms with E-state index in [0.29, 0.717) is 5.65 Å². The van der Waals surface area contributed by atoms with E-state index in [-0.39, 0.29) is 17.4 Å². The minimum absolute atomic E-state index is 0.0921. The van der Waals surface area contributed by atoms with Crippen molar-refractivity contribution in [3.8, 4) is 5.69 Å². The number of nitrogens with zero attached hydrogens (tertiary/aromatic N) is 3. The van der Waals surface area contributed by atoms with Crippen LogP contribution in [0.3, 0.4) is 0 Å². The van der Waals surface area contributed by atoms with Gasteiger partial charge >= 0.3 is 11.4 Å². The average molecular weight is 258 g/mol. The number of aromatic nitrogens is 4. The van der Waals surface area contributed by atoms with Gasteiger partial charge in [0.2, 0.25) is 0 Å². The van der Waals surface area contributed by atoms with E-state index < -0.39 is 0 Å². The van der Waals surface area contributed by atoms with Crippen LogP contribution in [0.25, 0.3) is 11.3 Å². The van der Waals surface area contributed by atoms with E-state index in [0.717, 1.165) is 5.69 Å². The number of nitrogens with one attached hydrogen (secondary N) is 1. The van der Waals surface area contributed by atoms with E-state index in [1.54, 1.807) is 6.20 Å². The van der Waals surface area contributed by atoms with Crippen LogP contribution in [-0.2, 0) is 0 Å². The highest BCUT2D eigenvalue weighted by Crippen LogP contribution is 2.07. The Hall–Kier alpha value is -2.50. The first-order chi connectivity index (χ1) is 9.09. The maximum atomic E-state index is 12.4. The highest BCUT2D eigenvalue weighted by atomic mass is 16.2. The topological polar surface area (TPSA) is 64.2 Å². The summed E-state index contributed by atoms with van der Waals surface area (Å²) in [4.78, 5) is 26.9. The number of aromatic amines is 1. The van der Waals surface area contributed by atoms with Crippen molar-refractivity contribution < 1.29 is 0 Å². The minimum Gasteiger partial charge on any atom is -0.289 e. The normalized spacial score (nSPS) is 11.5. The lowest BCUT2D eigenvalue weighted by Gasteiger charge is -2.05. The molecule has 1 N–H and O–H groups in total. The zero-order chi connectivity index (χ0) is 13.6. The van der Waals surface area contributed by atoms with Crippen molar-refractivity contribution >= 4 is 5.65 Å². The first kappa shape index (κ1) is 11.6. The Morgan fingerprint density at radius 3 is 2.42 bits per heavy atom. The lowest BCUT2D eigenvalue weighted by Crippen LogP contribution is -2.30. The second-order valence-corrected chi connectivity index (χ2v) is 4.68. The molecule has 0 radical (unpaired) electrons. The standard InChI is InChI=1S/C13H14N4O2/c1-9(2)16-12(18)14-11-8-15(13(19)17(11)16)10-6-4-3-5-7-10/h3-9H,1-2H3,(H,14,18). The SMILES string of the molecule is CC(C)n1c(=O)[nH]c2cn(-c3ccccc3)c(=O)n21. The number of para-hydroxylation sites is 1. The maximum absolute atomic E-state index is 12.4. The van der Waals surface area contributed by atoms with Crippen molar-refractivity contribution in [1.29, 1.82) is 0 Å². The third kappa shape index (κ3) is 1.64. The predicted molar refractivity (Wildman–Crippen MR) is 72.0 cm³/mol. The highest BCUT2D eigenvalue weighted by molar-refractivity contribution is 5.40. The van der Waals surface area contributed by atoms with Crippen molar-refractivity contribution in [2.24, 2.45) is 0 Å². The second kappa shape index (κ2) is 4.01. The van der Waals surface area contributed by atoms with Gasteiger partial charge in [0.1, 0.15) is 0 Å². The summed E-state index contributed by atoms with van der Waals surface area (Å²) in [6.07, 6.45) is 1.64. The molecule has 0 spiro atoms. The molecule has 2 aromatic heterocycles. The molecule has 6 heteroatoms. The van der Waals surface area contributed by atoms with Crippen LogP contribution in [0, 0.1) is 0 Å². The molecule has 0 aliphatic heterocycles. The van der Waals surface area contributed by atoms with Crippen LogP contribution in [-0.4, -0.2) is 18.7 Å². The highest BCUT2D eigenvalue weighted by Gasteiger charge is 2.15. The summed E-state index contributed by atoms with van der Waals surface area (Å²) in [5.41, 5.74) is 0.732. The molecule has 98 valence electrons. The van der Waals surface area contributed by atoms with Gasteiger partial charge in [0, 0.05) is 0 Å². The zero-order valence-corrected chi connectivity index (χ0v) is 10.7. The molecule has 0 aliphatic rings. The first-order valence-electron chi connectivity index (χ1n) is 6.10. The molecular weight excluding hydrogens is 244 g/mol. The number of hydrogen-bond acceptors (Lipinski definition) is 2. The molecule has 0 saturated carbocycles. The van der Waals surface area contributed by atoms with E-state index in [2.05, 4.69) is 4.98 Å². The van der Waals surface area contributed by atoms with Gasteiger partial charge in [-0.05, 0) is 26.0 Å². The van der Waals surface area contributed by atoms with Crippen molar-refractivity contribution in [2.75, 3.05) is 0 Å². The Labute approximate surface area is 108 Å². The molecule has 0 unspecified atom stereocenters. The van der Waals surface area contributed by atoms with E-state index in [1.807, 2.05) is 44.2 Å². The van der Waals surface area contributed by atoms with Crippen LogP contribution in [0.1, 0.15) is 19.9 Å². The molecule has 3 rings (SSSR count). The Morgan fingerprint density at radius 1 is 1.11 bits per heavy atom. The molecule has 3 aromatic rings. The average Bonchev–Trinajstić information content (AvgIpc) is 2.87. The van der Waals surface area contributed by atoms with Gasteiger partial charge < -0.3 is 0 Å². The van der Waals surface area contributed by atoms with Crippen molar-refractivity contribution in [3.05, 3.63) is 57.5 Å². The summed E-state index contributed by atoms with van der Waals surface area (Å²) < 4.78 is 4.31. The van der Waals surface area contributed by atoms with Gasteiger partial charge in [-0.15, -0.1) is 0 Å². The van der Waals surface area contributed by atoms with Crippen LogP contribution >= 0.6 is 0 Å². The number of hydrogen-bond donors (Lipinski definition) is 1. The molecule has 0 atom stereocenters. The van der Waals surface area contributed by atoms with Gasteiger partial charge in [0.25, 0.3) is 0 Å². The zero-order valence-electron chi connectivity index (χ0n) is 10.7. The summed E-state index contributed by atoms with van der Waals surface area (Å²) in [7, 11) is 0. The van der Waals surface area contributed by atoms with Crippen molar-refractivity contribution in [3.63, 3.8) is 0 Å². The molecule has 0 fully saturated rings. The number of rotatable bonds is 2. The van der Waals surface area contributed by atoms with Crippen LogP contribution in [0.4, 0.5) is 0 Å². The van der Waals surface area contributed by atoms with E-state index in [9.17, 15) is 9.59 Å². The number of benzene rings is 1. The van der Waals surface area contributed by atoms with Crippen LogP contribution in [0.2, 0.25) is 0 Å². The molecule has 0 amide bonds. The Kier molecular flexibility index (Phi) is 2.45. The van der Waals surface area contributed by atoms with E-state index >= 15 is 0 Å². The Morgan fingerprint density at radius 2 is 1.79 bits per heavy atom. The van der Waals surface area contributed by atoms with Gasteiger partial charge in [0.05, 0.1) is 17.9 Å². The number of H-pyrrole nitrogens is 1. The summed E-state index contributed by atoms with van der Waals surface area (Å²) in [5.74, 6) is 0. The van der Waals surface area contributed by atoms with E-state index in [1.165, 1.54) is 13.8 Å². The Bertz CT molecular complexity index is 833. The lowest BCUT2D eigenvalue weighted by molar-refractivity contribution is 0.476. The van der Waals surface area contributed by atoms with Crippen molar-refractivity contribution in [1.82, 2.24) is 18.7 Å². The fourth-order valence-corrected chi connectivity index (χ4v) is 2.23. The first-order valence-corrected chi connectivity index (χ1v) is 6.10.